The Morgan fingerprint density at radius 1 is 1.50 bits per heavy atom. The molecular formula is C6H4ClI2N. The lowest BCUT2D eigenvalue weighted by Gasteiger charge is -2.00. The van der Waals surface area contributed by atoms with Crippen molar-refractivity contribution in [3.63, 3.8) is 0 Å². The first-order chi connectivity index (χ1) is 4.63. The predicted molar refractivity (Wildman–Crippen MR) is 59.4 cm³/mol. The van der Waals surface area contributed by atoms with E-state index in [-0.39, 0.29) is 0 Å². The van der Waals surface area contributed by atoms with E-state index in [0.717, 1.165) is 17.9 Å². The maximum Gasteiger partial charge on any atom is 0.0706 e. The molecule has 0 fully saturated rings. The van der Waals surface area contributed by atoms with E-state index in [4.69, 9.17) is 11.6 Å². The summed E-state index contributed by atoms with van der Waals surface area (Å²) in [5.74, 6) is 0. The average Bonchev–Trinajstić information content (AvgIpc) is 1.93. The van der Waals surface area contributed by atoms with Crippen LogP contribution in [-0.4, -0.2) is 4.98 Å². The van der Waals surface area contributed by atoms with E-state index in [9.17, 15) is 0 Å². The molecular weight excluding hydrogens is 375 g/mol. The Labute approximate surface area is 91.8 Å². The number of aryl methyl sites for hydroxylation is 1. The van der Waals surface area contributed by atoms with Gasteiger partial charge in [-0.1, -0.05) is 11.6 Å². The molecule has 4 heteroatoms. The second-order valence-corrected chi connectivity index (χ2v) is 4.44. The number of hydrogen-bond acceptors (Lipinski definition) is 1. The van der Waals surface area contributed by atoms with Crippen LogP contribution in [0.15, 0.2) is 6.20 Å². The Morgan fingerprint density at radius 3 is 2.60 bits per heavy atom. The molecule has 1 aromatic heterocycles. The lowest BCUT2D eigenvalue weighted by atomic mass is 10.4. The van der Waals surface area contributed by atoms with Gasteiger partial charge in [0.05, 0.1) is 17.9 Å². The molecule has 0 aliphatic heterocycles. The quantitative estimate of drug-likeness (QED) is 0.631. The molecule has 1 rings (SSSR count). The molecule has 0 atom stereocenters. The fourth-order valence-corrected chi connectivity index (χ4v) is 2.07. The third-order valence-electron chi connectivity index (χ3n) is 1.09. The maximum absolute atomic E-state index is 5.93. The highest BCUT2D eigenvalue weighted by Crippen LogP contribution is 2.24. The lowest BCUT2D eigenvalue weighted by Crippen LogP contribution is -1.89. The minimum Gasteiger partial charge on any atom is -0.259 e. The summed E-state index contributed by atoms with van der Waals surface area (Å²) in [5, 5.41) is 0.814. The summed E-state index contributed by atoms with van der Waals surface area (Å²) in [6.45, 7) is 1.95. The number of hydrogen-bond donors (Lipinski definition) is 0. The van der Waals surface area contributed by atoms with Crippen molar-refractivity contribution in [1.82, 2.24) is 4.98 Å². The Morgan fingerprint density at radius 2 is 2.10 bits per heavy atom. The summed E-state index contributed by atoms with van der Waals surface area (Å²) in [4.78, 5) is 4.14. The number of pyridine rings is 1. The van der Waals surface area contributed by atoms with E-state index in [2.05, 4.69) is 50.2 Å². The van der Waals surface area contributed by atoms with Gasteiger partial charge in [-0.2, -0.15) is 0 Å². The van der Waals surface area contributed by atoms with Gasteiger partial charge in [-0.05, 0) is 52.1 Å². The normalized spacial score (nSPS) is 10.0. The molecule has 1 nitrogen and oxygen atoms in total. The van der Waals surface area contributed by atoms with Crippen LogP contribution in [0, 0.1) is 14.1 Å². The Kier molecular flexibility index (Phi) is 3.18. The van der Waals surface area contributed by atoms with E-state index in [0.29, 0.717) is 0 Å². The summed E-state index contributed by atoms with van der Waals surface area (Å²) in [7, 11) is 0. The highest BCUT2D eigenvalue weighted by Gasteiger charge is 2.04. The van der Waals surface area contributed by atoms with Gasteiger partial charge in [0.1, 0.15) is 0 Å². The zero-order chi connectivity index (χ0) is 7.72. The second-order valence-electron chi connectivity index (χ2n) is 1.82. The Balaban J connectivity index is 3.34. The number of halogens is 3. The Hall–Kier alpha value is 0.900. The molecule has 0 amide bonds. The maximum atomic E-state index is 5.93. The van der Waals surface area contributed by atoms with Crippen LogP contribution in [0.5, 0.6) is 0 Å². The molecule has 1 aromatic rings. The van der Waals surface area contributed by atoms with Gasteiger partial charge in [0.2, 0.25) is 0 Å². The molecule has 0 radical (unpaired) electrons. The topological polar surface area (TPSA) is 12.9 Å². The predicted octanol–water partition coefficient (Wildman–Crippen LogP) is 3.25. The van der Waals surface area contributed by atoms with Gasteiger partial charge in [-0.3, -0.25) is 4.98 Å². The average molecular weight is 379 g/mol. The molecule has 1 heterocycles. The van der Waals surface area contributed by atoms with Crippen LogP contribution in [0.3, 0.4) is 0 Å². The largest absolute Gasteiger partial charge is 0.259 e. The molecule has 54 valence electrons. The van der Waals surface area contributed by atoms with E-state index < -0.39 is 0 Å². The van der Waals surface area contributed by atoms with Crippen molar-refractivity contribution >= 4 is 56.8 Å². The van der Waals surface area contributed by atoms with Gasteiger partial charge in [-0.15, -0.1) is 0 Å². The van der Waals surface area contributed by atoms with Crippen molar-refractivity contribution < 1.29 is 0 Å². The summed E-state index contributed by atoms with van der Waals surface area (Å²) >= 11 is 10.3. The minimum atomic E-state index is 0.814. The van der Waals surface area contributed by atoms with Gasteiger partial charge < -0.3 is 0 Å². The van der Waals surface area contributed by atoms with Crippen LogP contribution in [0.25, 0.3) is 0 Å². The van der Waals surface area contributed by atoms with Crippen molar-refractivity contribution in [3.05, 3.63) is 24.1 Å². The molecule has 0 unspecified atom stereocenters. The first-order valence-corrected chi connectivity index (χ1v) is 5.12. The lowest BCUT2D eigenvalue weighted by molar-refractivity contribution is 1.17. The van der Waals surface area contributed by atoms with Gasteiger partial charge in [-0.25, -0.2) is 0 Å². The monoisotopic (exact) mass is 379 g/mol. The van der Waals surface area contributed by atoms with Crippen LogP contribution in [0.1, 0.15) is 5.69 Å². The summed E-state index contributed by atoms with van der Waals surface area (Å²) < 4.78 is 2.06. The van der Waals surface area contributed by atoms with Gasteiger partial charge in [0.15, 0.2) is 0 Å². The zero-order valence-corrected chi connectivity index (χ0v) is 10.2. The standard InChI is InChI=1S/C6H4ClI2N/c1-3-6(9)5(7)4(8)2-10-3/h2H,1H3. The smallest absolute Gasteiger partial charge is 0.0706 e. The van der Waals surface area contributed by atoms with E-state index >= 15 is 0 Å². The van der Waals surface area contributed by atoms with Crippen molar-refractivity contribution in [2.24, 2.45) is 0 Å². The highest BCUT2D eigenvalue weighted by molar-refractivity contribution is 14.1. The molecule has 0 spiro atoms. The van der Waals surface area contributed by atoms with Crippen molar-refractivity contribution in [2.45, 2.75) is 6.92 Å². The second kappa shape index (κ2) is 3.53. The van der Waals surface area contributed by atoms with Crippen LogP contribution in [0.4, 0.5) is 0 Å². The molecule has 0 aliphatic rings. The van der Waals surface area contributed by atoms with Crippen molar-refractivity contribution in [3.8, 4) is 0 Å². The SMILES string of the molecule is Cc1ncc(I)c(Cl)c1I. The Bertz CT molecular complexity index is 235. The first kappa shape index (κ1) is 8.99. The van der Waals surface area contributed by atoms with E-state index in [1.807, 2.05) is 6.92 Å². The molecule has 0 saturated heterocycles. The van der Waals surface area contributed by atoms with Crippen LogP contribution < -0.4 is 0 Å². The number of aromatic nitrogens is 1. The summed E-state index contributed by atoms with van der Waals surface area (Å²) in [5.41, 5.74) is 0.992. The van der Waals surface area contributed by atoms with Crippen molar-refractivity contribution in [2.75, 3.05) is 0 Å². The van der Waals surface area contributed by atoms with Gasteiger partial charge >= 0.3 is 0 Å². The number of rotatable bonds is 0. The molecule has 0 aromatic carbocycles. The molecule has 0 saturated carbocycles. The van der Waals surface area contributed by atoms with E-state index in [1.165, 1.54) is 0 Å². The summed E-state index contributed by atoms with van der Waals surface area (Å²) in [6.07, 6.45) is 1.78. The zero-order valence-electron chi connectivity index (χ0n) is 5.16. The molecule has 0 N–H and O–H groups in total. The third kappa shape index (κ3) is 1.73. The number of nitrogens with zero attached hydrogens (tertiary/aromatic N) is 1. The fraction of sp³-hybridized carbons (Fsp3) is 0.167. The first-order valence-electron chi connectivity index (χ1n) is 2.59. The van der Waals surface area contributed by atoms with Gasteiger partial charge in [0.25, 0.3) is 0 Å². The minimum absolute atomic E-state index is 0.814. The van der Waals surface area contributed by atoms with Crippen molar-refractivity contribution in [1.29, 1.82) is 0 Å². The fourth-order valence-electron chi connectivity index (χ4n) is 0.531. The van der Waals surface area contributed by atoms with E-state index in [1.54, 1.807) is 6.20 Å². The summed E-state index contributed by atoms with van der Waals surface area (Å²) in [6, 6.07) is 0. The highest BCUT2D eigenvalue weighted by atomic mass is 127. The molecule has 10 heavy (non-hydrogen) atoms. The third-order valence-corrected chi connectivity index (χ3v) is 4.26. The van der Waals surface area contributed by atoms with Gasteiger partial charge in [0, 0.05) is 6.20 Å². The molecule has 0 bridgehead atoms. The van der Waals surface area contributed by atoms with Crippen LogP contribution in [-0.2, 0) is 0 Å². The van der Waals surface area contributed by atoms with Crippen LogP contribution in [0.2, 0.25) is 5.02 Å². The van der Waals surface area contributed by atoms with Crippen LogP contribution >= 0.6 is 56.8 Å². The molecule has 0 aliphatic carbocycles.